The van der Waals surface area contributed by atoms with Gasteiger partial charge in [0.2, 0.25) is 0 Å². The molecule has 1 aromatic rings. The van der Waals surface area contributed by atoms with Crippen molar-refractivity contribution in [2.45, 2.75) is 51.7 Å². The molecule has 0 fully saturated rings. The molecule has 3 N–H and O–H groups in total. The van der Waals surface area contributed by atoms with Gasteiger partial charge in [0.15, 0.2) is 0 Å². The standard InChI is InChI=1S/C18H30N2O3/c1-18(2,3)23-17(22)16(19)12-14-8-9-15(21)11-13(14)7-6-10-20(4)5/h8-9,11,16,21H,6-7,10,12,19H2,1-5H3/t16-/m0/s1. The molecule has 1 rings (SSSR count). The third-order valence-corrected chi connectivity index (χ3v) is 3.39. The van der Waals surface area contributed by atoms with Gasteiger partial charge in [0, 0.05) is 0 Å². The van der Waals surface area contributed by atoms with Gasteiger partial charge in [-0.3, -0.25) is 4.79 Å². The van der Waals surface area contributed by atoms with Gasteiger partial charge in [-0.2, -0.15) is 0 Å². The fourth-order valence-electron chi connectivity index (χ4n) is 2.33. The molecule has 0 aliphatic heterocycles. The lowest BCUT2D eigenvalue weighted by Gasteiger charge is -2.22. The van der Waals surface area contributed by atoms with Crippen molar-refractivity contribution in [1.29, 1.82) is 0 Å². The van der Waals surface area contributed by atoms with Crippen molar-refractivity contribution in [2.75, 3.05) is 20.6 Å². The van der Waals surface area contributed by atoms with Gasteiger partial charge in [0.05, 0.1) is 0 Å². The molecule has 0 spiro atoms. The Bertz CT molecular complexity index is 521. The number of rotatable bonds is 7. The molecular weight excluding hydrogens is 292 g/mol. The number of phenolic OH excluding ortho intramolecular Hbond substituents is 1. The molecule has 5 heteroatoms. The highest BCUT2D eigenvalue weighted by atomic mass is 16.6. The Balaban J connectivity index is 2.76. The number of nitrogens with zero attached hydrogens (tertiary/aromatic N) is 1. The van der Waals surface area contributed by atoms with Crippen LogP contribution < -0.4 is 5.73 Å². The van der Waals surface area contributed by atoms with Crippen molar-refractivity contribution < 1.29 is 14.6 Å². The number of hydrogen-bond acceptors (Lipinski definition) is 5. The third-order valence-electron chi connectivity index (χ3n) is 3.39. The van der Waals surface area contributed by atoms with Gasteiger partial charge in [-0.15, -0.1) is 0 Å². The van der Waals surface area contributed by atoms with E-state index in [9.17, 15) is 9.90 Å². The number of aromatic hydroxyl groups is 1. The Morgan fingerprint density at radius 3 is 2.52 bits per heavy atom. The predicted molar refractivity (Wildman–Crippen MR) is 92.5 cm³/mol. The minimum Gasteiger partial charge on any atom is -0.508 e. The van der Waals surface area contributed by atoms with Crippen LogP contribution in [0.15, 0.2) is 18.2 Å². The molecule has 0 heterocycles. The summed E-state index contributed by atoms with van der Waals surface area (Å²) in [5.41, 5.74) is 7.47. The van der Waals surface area contributed by atoms with Gasteiger partial charge >= 0.3 is 5.97 Å². The molecule has 0 saturated carbocycles. The first-order valence-corrected chi connectivity index (χ1v) is 8.02. The van der Waals surface area contributed by atoms with Crippen LogP contribution in [0.1, 0.15) is 38.3 Å². The lowest BCUT2D eigenvalue weighted by Crippen LogP contribution is -2.39. The Kier molecular flexibility index (Phi) is 7.03. The van der Waals surface area contributed by atoms with Gasteiger partial charge in [-0.25, -0.2) is 0 Å². The summed E-state index contributed by atoms with van der Waals surface area (Å²) >= 11 is 0. The lowest BCUT2D eigenvalue weighted by atomic mass is 9.97. The lowest BCUT2D eigenvalue weighted by molar-refractivity contribution is -0.156. The molecule has 0 aliphatic carbocycles. The van der Waals surface area contributed by atoms with Crippen molar-refractivity contribution in [3.05, 3.63) is 29.3 Å². The highest BCUT2D eigenvalue weighted by Crippen LogP contribution is 2.20. The summed E-state index contributed by atoms with van der Waals surface area (Å²) in [6.45, 7) is 6.44. The van der Waals surface area contributed by atoms with E-state index in [-0.39, 0.29) is 5.75 Å². The second kappa shape index (κ2) is 8.31. The Hall–Kier alpha value is -1.59. The third kappa shape index (κ3) is 7.48. The van der Waals surface area contributed by atoms with Crippen LogP contribution in [0.2, 0.25) is 0 Å². The maximum absolute atomic E-state index is 12.0. The van der Waals surface area contributed by atoms with E-state index in [4.69, 9.17) is 10.5 Å². The molecule has 0 amide bonds. The number of carbonyl (C=O) groups excluding carboxylic acids is 1. The van der Waals surface area contributed by atoms with Crippen LogP contribution in [0.5, 0.6) is 5.75 Å². The summed E-state index contributed by atoms with van der Waals surface area (Å²) in [4.78, 5) is 14.2. The van der Waals surface area contributed by atoms with Crippen LogP contribution in [-0.4, -0.2) is 48.3 Å². The summed E-state index contributed by atoms with van der Waals surface area (Å²) in [7, 11) is 4.06. The van der Waals surface area contributed by atoms with E-state index in [0.717, 1.165) is 30.5 Å². The molecule has 0 unspecified atom stereocenters. The van der Waals surface area contributed by atoms with Crippen LogP contribution in [0.4, 0.5) is 0 Å². The van der Waals surface area contributed by atoms with E-state index in [1.807, 2.05) is 40.9 Å². The molecular formula is C18H30N2O3. The van der Waals surface area contributed by atoms with E-state index in [2.05, 4.69) is 4.90 Å². The minimum absolute atomic E-state index is 0.236. The molecule has 0 radical (unpaired) electrons. The first-order chi connectivity index (χ1) is 10.6. The van der Waals surface area contributed by atoms with E-state index < -0.39 is 17.6 Å². The molecule has 23 heavy (non-hydrogen) atoms. The highest BCUT2D eigenvalue weighted by Gasteiger charge is 2.23. The van der Waals surface area contributed by atoms with Crippen LogP contribution >= 0.6 is 0 Å². The molecule has 0 aliphatic rings. The molecule has 1 aromatic carbocycles. The normalized spacial score (nSPS) is 13.2. The van der Waals surface area contributed by atoms with Gasteiger partial charge in [-0.05, 0) is 83.9 Å². The summed E-state index contributed by atoms with van der Waals surface area (Å²) in [6.07, 6.45) is 2.22. The zero-order valence-electron chi connectivity index (χ0n) is 14.9. The van der Waals surface area contributed by atoms with Crippen LogP contribution in [0.25, 0.3) is 0 Å². The van der Waals surface area contributed by atoms with Gasteiger partial charge in [0.25, 0.3) is 0 Å². The Morgan fingerprint density at radius 1 is 1.30 bits per heavy atom. The molecule has 1 atom stereocenters. The number of phenols is 1. The molecule has 0 saturated heterocycles. The number of esters is 1. The first-order valence-electron chi connectivity index (χ1n) is 8.02. The van der Waals surface area contributed by atoms with E-state index in [0.29, 0.717) is 6.42 Å². The van der Waals surface area contributed by atoms with Gasteiger partial charge < -0.3 is 20.5 Å². The zero-order chi connectivity index (χ0) is 17.6. The maximum atomic E-state index is 12.0. The van der Waals surface area contributed by atoms with Crippen LogP contribution in [0, 0.1) is 0 Å². The first kappa shape index (κ1) is 19.5. The summed E-state index contributed by atoms with van der Waals surface area (Å²) in [6, 6.07) is 4.52. The maximum Gasteiger partial charge on any atom is 0.323 e. The summed E-state index contributed by atoms with van der Waals surface area (Å²) < 4.78 is 5.33. The molecule has 5 nitrogen and oxygen atoms in total. The van der Waals surface area contributed by atoms with Crippen molar-refractivity contribution in [3.8, 4) is 5.75 Å². The number of carbonyl (C=O) groups is 1. The average molecular weight is 322 g/mol. The van der Waals surface area contributed by atoms with E-state index in [1.54, 1.807) is 12.1 Å². The zero-order valence-corrected chi connectivity index (χ0v) is 14.9. The highest BCUT2D eigenvalue weighted by molar-refractivity contribution is 5.76. The smallest absolute Gasteiger partial charge is 0.323 e. The fraction of sp³-hybridized carbons (Fsp3) is 0.611. The summed E-state index contributed by atoms with van der Waals surface area (Å²) in [5.74, 6) is -0.163. The predicted octanol–water partition coefficient (Wildman–Crippen LogP) is 2.10. The van der Waals surface area contributed by atoms with Gasteiger partial charge in [-0.1, -0.05) is 6.07 Å². The Labute approximate surface area is 139 Å². The fourth-order valence-corrected chi connectivity index (χ4v) is 2.33. The largest absolute Gasteiger partial charge is 0.508 e. The topological polar surface area (TPSA) is 75.8 Å². The van der Waals surface area contributed by atoms with Crippen molar-refractivity contribution in [3.63, 3.8) is 0 Å². The monoisotopic (exact) mass is 322 g/mol. The average Bonchev–Trinajstić information content (AvgIpc) is 2.39. The van der Waals surface area contributed by atoms with E-state index >= 15 is 0 Å². The van der Waals surface area contributed by atoms with Crippen molar-refractivity contribution in [1.82, 2.24) is 4.90 Å². The molecule has 0 bridgehead atoms. The number of ether oxygens (including phenoxy) is 1. The number of aryl methyl sites for hydroxylation is 1. The number of nitrogens with two attached hydrogens (primary N) is 1. The quantitative estimate of drug-likeness (QED) is 0.752. The number of hydrogen-bond donors (Lipinski definition) is 2. The number of benzene rings is 1. The summed E-state index contributed by atoms with van der Waals surface area (Å²) in [5, 5.41) is 9.71. The van der Waals surface area contributed by atoms with Gasteiger partial charge in [0.1, 0.15) is 17.4 Å². The molecule has 130 valence electrons. The van der Waals surface area contributed by atoms with E-state index in [1.165, 1.54) is 0 Å². The van der Waals surface area contributed by atoms with Crippen molar-refractivity contribution in [2.24, 2.45) is 5.73 Å². The van der Waals surface area contributed by atoms with Crippen LogP contribution in [-0.2, 0) is 22.4 Å². The van der Waals surface area contributed by atoms with Crippen LogP contribution in [0.3, 0.4) is 0 Å². The minimum atomic E-state index is -0.702. The Morgan fingerprint density at radius 2 is 1.96 bits per heavy atom. The second-order valence-electron chi connectivity index (χ2n) is 7.20. The molecule has 0 aromatic heterocycles. The SMILES string of the molecule is CN(C)CCCc1cc(O)ccc1C[C@H](N)C(=O)OC(C)(C)C. The second-order valence-corrected chi connectivity index (χ2v) is 7.20. The van der Waals surface area contributed by atoms with Crippen molar-refractivity contribution >= 4 is 5.97 Å².